The second-order valence-electron chi connectivity index (χ2n) is 1.55. The van der Waals surface area contributed by atoms with Gasteiger partial charge >= 0.3 is 14.0 Å². The molecular formula is C5H10O5P+. The van der Waals surface area contributed by atoms with Gasteiger partial charge in [0, 0.05) is 0 Å². The van der Waals surface area contributed by atoms with Crippen molar-refractivity contribution >= 4 is 19.8 Å². The topological polar surface area (TPSA) is 91.7 Å². The Morgan fingerprint density at radius 3 is 2.09 bits per heavy atom. The highest BCUT2D eigenvalue weighted by atomic mass is 31.1. The van der Waals surface area contributed by atoms with Crippen molar-refractivity contribution in [3.05, 3.63) is 0 Å². The summed E-state index contributed by atoms with van der Waals surface area (Å²) in [6.07, 6.45) is -0.651. The second-order valence-corrected chi connectivity index (χ2v) is 2.71. The molecule has 0 aliphatic heterocycles. The van der Waals surface area contributed by atoms with Gasteiger partial charge in [0.25, 0.3) is 0 Å². The number of carboxylic acid groups (broad SMARTS) is 1. The van der Waals surface area contributed by atoms with Gasteiger partial charge in [-0.15, -0.1) is 0 Å². The largest absolute Gasteiger partial charge is 0.505 e. The van der Waals surface area contributed by atoms with E-state index < -0.39 is 19.8 Å². The zero-order valence-electron chi connectivity index (χ0n) is 4.98. The van der Waals surface area contributed by atoms with Gasteiger partial charge in [-0.25, -0.2) is 4.79 Å². The van der Waals surface area contributed by atoms with Crippen LogP contribution in [0.1, 0.15) is 13.8 Å². The van der Waals surface area contributed by atoms with E-state index in [-0.39, 0.29) is 20.0 Å². The third kappa shape index (κ3) is 7.09. The van der Waals surface area contributed by atoms with Crippen LogP contribution in [-0.2, 0) is 14.2 Å². The van der Waals surface area contributed by atoms with Gasteiger partial charge in [-0.2, -0.15) is 4.89 Å². The lowest BCUT2D eigenvalue weighted by atomic mass is 10.3. The van der Waals surface area contributed by atoms with Crippen molar-refractivity contribution in [3.8, 4) is 0 Å². The van der Waals surface area contributed by atoms with Crippen molar-refractivity contribution in [1.82, 2.24) is 0 Å². The van der Waals surface area contributed by atoms with Gasteiger partial charge in [-0.05, 0) is 4.57 Å². The summed E-state index contributed by atoms with van der Waals surface area (Å²) < 4.78 is 9.93. The summed E-state index contributed by atoms with van der Waals surface area (Å²) in [4.78, 5) is 28.1. The van der Waals surface area contributed by atoms with Crippen molar-refractivity contribution < 1.29 is 24.2 Å². The zero-order valence-corrected chi connectivity index (χ0v) is 5.88. The van der Waals surface area contributed by atoms with Gasteiger partial charge < -0.3 is 5.11 Å². The van der Waals surface area contributed by atoms with Gasteiger partial charge in [0.1, 0.15) is 0 Å². The molecule has 0 rings (SSSR count). The molecule has 0 fully saturated rings. The Bertz CT molecular complexity index is 176. The first-order valence-corrected chi connectivity index (χ1v) is 3.83. The molecule has 5 nitrogen and oxygen atoms in total. The fourth-order valence-corrected chi connectivity index (χ4v) is 0.698. The Morgan fingerprint density at radius 1 is 1.36 bits per heavy atom. The number of carboxylic acids is 1. The molecule has 0 radical (unpaired) electrons. The van der Waals surface area contributed by atoms with E-state index in [1.807, 2.05) is 0 Å². The number of ketones is 1. The van der Waals surface area contributed by atoms with Crippen LogP contribution >= 0.6 is 8.03 Å². The average Bonchev–Trinajstić information content (AvgIpc) is 1.82. The van der Waals surface area contributed by atoms with Crippen LogP contribution in [0.4, 0.5) is 0 Å². The van der Waals surface area contributed by atoms with E-state index in [0.29, 0.717) is 0 Å². The van der Waals surface area contributed by atoms with E-state index in [4.69, 9.17) is 10.00 Å². The predicted molar refractivity (Wildman–Crippen MR) is 38.7 cm³/mol. The molecule has 1 unspecified atom stereocenters. The quantitative estimate of drug-likeness (QED) is 0.483. The SMILES string of the molecule is C.O=C(O)C(=O)CC[P+](=O)O. The normalized spacial score (nSPS) is 9.73. The van der Waals surface area contributed by atoms with Gasteiger partial charge in [-0.1, -0.05) is 7.43 Å². The maximum Gasteiger partial charge on any atom is 0.505 e. The van der Waals surface area contributed by atoms with Crippen LogP contribution in [0.2, 0.25) is 0 Å². The molecule has 0 aliphatic rings. The van der Waals surface area contributed by atoms with Gasteiger partial charge in [0.2, 0.25) is 5.78 Å². The predicted octanol–water partition coefficient (Wildman–Crippen LogP) is 0.401. The molecule has 0 bridgehead atoms. The van der Waals surface area contributed by atoms with Crippen LogP contribution in [0.5, 0.6) is 0 Å². The van der Waals surface area contributed by atoms with Crippen LogP contribution in [-0.4, -0.2) is 27.9 Å². The number of hydrogen-bond donors (Lipinski definition) is 2. The molecule has 64 valence electrons. The Morgan fingerprint density at radius 2 is 1.82 bits per heavy atom. The van der Waals surface area contributed by atoms with Crippen molar-refractivity contribution in [2.45, 2.75) is 13.8 Å². The lowest BCUT2D eigenvalue weighted by Crippen LogP contribution is -2.12. The first-order chi connectivity index (χ1) is 4.54. The molecule has 0 heterocycles. The molecule has 0 aromatic rings. The Hall–Kier alpha value is -0.800. The maximum atomic E-state index is 10.2. The minimum Gasteiger partial charge on any atom is -0.475 e. The molecule has 0 spiro atoms. The smallest absolute Gasteiger partial charge is 0.475 e. The highest BCUT2D eigenvalue weighted by Gasteiger charge is 2.18. The first-order valence-electron chi connectivity index (χ1n) is 2.43. The van der Waals surface area contributed by atoms with Crippen LogP contribution in [0.3, 0.4) is 0 Å². The minimum absolute atomic E-state index is 0. The first kappa shape index (κ1) is 12.8. The van der Waals surface area contributed by atoms with E-state index in [0.717, 1.165) is 0 Å². The van der Waals surface area contributed by atoms with Crippen molar-refractivity contribution in [2.75, 3.05) is 6.16 Å². The van der Waals surface area contributed by atoms with Crippen LogP contribution < -0.4 is 0 Å². The molecule has 11 heavy (non-hydrogen) atoms. The fraction of sp³-hybridized carbons (Fsp3) is 0.600. The molecule has 0 saturated carbocycles. The molecule has 1 atom stereocenters. The molecule has 0 aromatic carbocycles. The highest BCUT2D eigenvalue weighted by Crippen LogP contribution is 2.13. The van der Waals surface area contributed by atoms with Gasteiger partial charge in [-0.3, -0.25) is 4.79 Å². The number of carbonyl (C=O) groups is 2. The van der Waals surface area contributed by atoms with Gasteiger partial charge in [0.15, 0.2) is 6.16 Å². The third-order valence-electron chi connectivity index (χ3n) is 0.769. The molecule has 0 aromatic heterocycles. The van der Waals surface area contributed by atoms with Crippen LogP contribution in [0.15, 0.2) is 0 Å². The summed E-state index contributed by atoms with van der Waals surface area (Å²) >= 11 is 0. The number of rotatable bonds is 4. The van der Waals surface area contributed by atoms with E-state index in [1.54, 1.807) is 0 Å². The summed E-state index contributed by atoms with van der Waals surface area (Å²) in [7, 11) is -2.39. The van der Waals surface area contributed by atoms with Crippen LogP contribution in [0.25, 0.3) is 0 Å². The summed E-state index contributed by atoms with van der Waals surface area (Å²) in [6, 6.07) is 0. The molecular weight excluding hydrogens is 171 g/mol. The monoisotopic (exact) mass is 181 g/mol. The number of Topliss-reactive ketones (excluding diaryl/α,β-unsaturated/α-hetero) is 1. The number of aliphatic carboxylic acids is 1. The third-order valence-corrected chi connectivity index (χ3v) is 1.37. The van der Waals surface area contributed by atoms with Crippen molar-refractivity contribution in [3.63, 3.8) is 0 Å². The van der Waals surface area contributed by atoms with E-state index in [2.05, 4.69) is 0 Å². The van der Waals surface area contributed by atoms with Crippen LogP contribution in [0, 0.1) is 0 Å². The molecule has 0 amide bonds. The number of carbonyl (C=O) groups excluding carboxylic acids is 1. The number of hydrogen-bond acceptors (Lipinski definition) is 3. The summed E-state index contributed by atoms with van der Waals surface area (Å²) in [5.41, 5.74) is 0. The van der Waals surface area contributed by atoms with Gasteiger partial charge in [0.05, 0.1) is 6.42 Å². The highest BCUT2D eigenvalue weighted by molar-refractivity contribution is 7.38. The lowest BCUT2D eigenvalue weighted by Gasteiger charge is -1.83. The second kappa shape index (κ2) is 5.95. The lowest BCUT2D eigenvalue weighted by molar-refractivity contribution is -0.148. The van der Waals surface area contributed by atoms with E-state index in [9.17, 15) is 14.2 Å². The molecule has 0 aliphatic carbocycles. The Balaban J connectivity index is 0. The molecule has 2 N–H and O–H groups in total. The van der Waals surface area contributed by atoms with Crippen molar-refractivity contribution in [2.24, 2.45) is 0 Å². The molecule has 6 heteroatoms. The maximum absolute atomic E-state index is 10.2. The minimum atomic E-state index is -2.39. The van der Waals surface area contributed by atoms with E-state index >= 15 is 0 Å². The zero-order chi connectivity index (χ0) is 8.15. The summed E-state index contributed by atoms with van der Waals surface area (Å²) in [5.74, 6) is -2.59. The van der Waals surface area contributed by atoms with Crippen molar-refractivity contribution in [1.29, 1.82) is 0 Å². The van der Waals surface area contributed by atoms with E-state index in [1.165, 1.54) is 0 Å². The fourth-order valence-electron chi connectivity index (χ4n) is 0.304. The Labute approximate surface area is 64.9 Å². The summed E-state index contributed by atoms with van der Waals surface area (Å²) in [6.45, 7) is 0. The standard InChI is InChI=1S/C4H5O5P.CH4/c5-3(4(6)7)1-2-10(8)9;/h1-2H2,(H-,6,7,8,9);1H4/p+1. The molecule has 0 saturated heterocycles. The Kier molecular flexibility index (Phi) is 6.94. The summed E-state index contributed by atoms with van der Waals surface area (Å²) in [5, 5.41) is 7.97. The average molecular weight is 181 g/mol.